The van der Waals surface area contributed by atoms with Crippen LogP contribution in [0, 0.1) is 18.7 Å². The Balaban J connectivity index is 1.76. The van der Waals surface area contributed by atoms with Crippen LogP contribution in [0.25, 0.3) is 0 Å². The zero-order valence-corrected chi connectivity index (χ0v) is 13.9. The highest BCUT2D eigenvalue weighted by molar-refractivity contribution is 5.72. The van der Waals surface area contributed by atoms with E-state index in [-0.39, 0.29) is 17.7 Å². The minimum atomic E-state index is -0.586. The molecule has 0 aliphatic carbocycles. The van der Waals surface area contributed by atoms with E-state index in [0.29, 0.717) is 18.6 Å². The minimum Gasteiger partial charge on any atom is -0.466 e. The molecule has 1 heterocycles. The van der Waals surface area contributed by atoms with Crippen molar-refractivity contribution in [3.63, 3.8) is 0 Å². The summed E-state index contributed by atoms with van der Waals surface area (Å²) in [6.45, 7) is 6.42. The third kappa shape index (κ3) is 5.01. The molecule has 0 spiro atoms. The molecule has 1 aliphatic rings. The largest absolute Gasteiger partial charge is 0.466 e. The lowest BCUT2D eigenvalue weighted by molar-refractivity contribution is -0.149. The first-order valence-electron chi connectivity index (χ1n) is 8.34. The Hall–Kier alpha value is -1.46. The summed E-state index contributed by atoms with van der Waals surface area (Å²) in [5, 5.41) is 10.3. The van der Waals surface area contributed by atoms with Crippen LogP contribution >= 0.6 is 0 Å². The molecule has 1 fully saturated rings. The Labute approximate surface area is 137 Å². The molecule has 0 saturated carbocycles. The Morgan fingerprint density at radius 3 is 2.74 bits per heavy atom. The third-order valence-electron chi connectivity index (χ3n) is 4.49. The van der Waals surface area contributed by atoms with E-state index in [1.165, 1.54) is 6.07 Å². The third-order valence-corrected chi connectivity index (χ3v) is 4.49. The van der Waals surface area contributed by atoms with E-state index in [0.717, 1.165) is 38.0 Å². The fraction of sp³-hybridized carbons (Fsp3) is 0.611. The van der Waals surface area contributed by atoms with Gasteiger partial charge in [0.2, 0.25) is 0 Å². The number of hydrogen-bond donors (Lipinski definition) is 1. The number of carbonyl (C=O) groups is 1. The number of rotatable bonds is 6. The van der Waals surface area contributed by atoms with Crippen molar-refractivity contribution in [1.29, 1.82) is 0 Å². The standard InChI is InChI=1S/C18H26FNO3/c1-3-23-18(22)14-6-9-20(10-7-14)11-8-17(21)15-4-5-16(19)13(2)12-15/h4-5,12,14,17,21H,3,6-11H2,1-2H3. The van der Waals surface area contributed by atoms with Crippen molar-refractivity contribution in [1.82, 2.24) is 4.90 Å². The molecule has 1 N–H and O–H groups in total. The van der Waals surface area contributed by atoms with Crippen LogP contribution in [0.2, 0.25) is 0 Å². The summed E-state index contributed by atoms with van der Waals surface area (Å²) < 4.78 is 18.3. The number of aryl methyl sites for hydroxylation is 1. The molecule has 128 valence electrons. The summed E-state index contributed by atoms with van der Waals surface area (Å²) in [6, 6.07) is 4.74. The highest BCUT2D eigenvalue weighted by Gasteiger charge is 2.26. The van der Waals surface area contributed by atoms with E-state index in [1.54, 1.807) is 19.1 Å². The van der Waals surface area contributed by atoms with Crippen LogP contribution in [0.4, 0.5) is 4.39 Å². The first-order chi connectivity index (χ1) is 11.0. The summed E-state index contributed by atoms with van der Waals surface area (Å²) in [6.07, 6.45) is 1.64. The predicted molar refractivity (Wildman–Crippen MR) is 86.5 cm³/mol. The first kappa shape index (κ1) is 17.9. The van der Waals surface area contributed by atoms with Gasteiger partial charge in [0.15, 0.2) is 0 Å². The summed E-state index contributed by atoms with van der Waals surface area (Å²) in [5.41, 5.74) is 1.31. The zero-order valence-electron chi connectivity index (χ0n) is 13.9. The lowest BCUT2D eigenvalue weighted by atomic mass is 9.96. The van der Waals surface area contributed by atoms with Gasteiger partial charge >= 0.3 is 5.97 Å². The Bertz CT molecular complexity index is 527. The number of piperidine rings is 1. The van der Waals surface area contributed by atoms with E-state index >= 15 is 0 Å². The number of nitrogens with zero attached hydrogens (tertiary/aromatic N) is 1. The van der Waals surface area contributed by atoms with Crippen molar-refractivity contribution in [2.45, 2.75) is 39.2 Å². The second-order valence-electron chi connectivity index (χ2n) is 6.18. The fourth-order valence-corrected chi connectivity index (χ4v) is 3.00. The Morgan fingerprint density at radius 1 is 1.43 bits per heavy atom. The molecule has 4 nitrogen and oxygen atoms in total. The lowest BCUT2D eigenvalue weighted by Gasteiger charge is -2.31. The van der Waals surface area contributed by atoms with Crippen molar-refractivity contribution in [3.05, 3.63) is 35.1 Å². The number of hydrogen-bond acceptors (Lipinski definition) is 4. The quantitative estimate of drug-likeness (QED) is 0.818. The van der Waals surface area contributed by atoms with Crippen LogP contribution in [-0.2, 0) is 9.53 Å². The van der Waals surface area contributed by atoms with E-state index in [4.69, 9.17) is 4.74 Å². The maximum Gasteiger partial charge on any atom is 0.309 e. The van der Waals surface area contributed by atoms with Gasteiger partial charge in [-0.25, -0.2) is 4.39 Å². The maximum absolute atomic E-state index is 13.3. The molecule has 0 radical (unpaired) electrons. The number of halogens is 1. The molecule has 1 unspecified atom stereocenters. The number of carbonyl (C=O) groups excluding carboxylic acids is 1. The molecular weight excluding hydrogens is 297 g/mol. The average Bonchev–Trinajstić information content (AvgIpc) is 2.56. The number of ether oxygens (including phenoxy) is 1. The van der Waals surface area contributed by atoms with Gasteiger partial charge in [-0.05, 0) is 63.4 Å². The topological polar surface area (TPSA) is 49.8 Å². The van der Waals surface area contributed by atoms with Crippen LogP contribution in [0.1, 0.15) is 43.4 Å². The van der Waals surface area contributed by atoms with Crippen molar-refractivity contribution in [2.75, 3.05) is 26.2 Å². The molecule has 5 heteroatoms. The number of aliphatic hydroxyl groups is 1. The summed E-state index contributed by atoms with van der Waals surface area (Å²) in [7, 11) is 0. The van der Waals surface area contributed by atoms with Crippen LogP contribution < -0.4 is 0 Å². The van der Waals surface area contributed by atoms with E-state index in [1.807, 2.05) is 6.92 Å². The Morgan fingerprint density at radius 2 is 2.13 bits per heavy atom. The van der Waals surface area contributed by atoms with Gasteiger partial charge in [-0.3, -0.25) is 4.79 Å². The monoisotopic (exact) mass is 323 g/mol. The second-order valence-corrected chi connectivity index (χ2v) is 6.18. The van der Waals surface area contributed by atoms with Crippen molar-refractivity contribution in [2.24, 2.45) is 5.92 Å². The normalized spacial score (nSPS) is 17.9. The van der Waals surface area contributed by atoms with Crippen LogP contribution in [0.5, 0.6) is 0 Å². The summed E-state index contributed by atoms with van der Waals surface area (Å²) >= 11 is 0. The van der Waals surface area contributed by atoms with Gasteiger partial charge in [-0.15, -0.1) is 0 Å². The average molecular weight is 323 g/mol. The first-order valence-corrected chi connectivity index (χ1v) is 8.34. The SMILES string of the molecule is CCOC(=O)C1CCN(CCC(O)c2ccc(F)c(C)c2)CC1. The maximum atomic E-state index is 13.3. The highest BCUT2D eigenvalue weighted by atomic mass is 19.1. The fourth-order valence-electron chi connectivity index (χ4n) is 3.00. The molecule has 1 atom stereocenters. The summed E-state index contributed by atoms with van der Waals surface area (Å²) in [4.78, 5) is 14.0. The van der Waals surface area contributed by atoms with Crippen molar-refractivity contribution in [3.8, 4) is 0 Å². The molecule has 1 aliphatic heterocycles. The van der Waals surface area contributed by atoms with Gasteiger partial charge in [-0.2, -0.15) is 0 Å². The second kappa shape index (κ2) is 8.41. The molecule has 0 aromatic heterocycles. The lowest BCUT2D eigenvalue weighted by Crippen LogP contribution is -2.37. The summed E-state index contributed by atoms with van der Waals surface area (Å²) in [5.74, 6) is -0.327. The van der Waals surface area contributed by atoms with Crippen molar-refractivity contribution < 1.29 is 19.0 Å². The van der Waals surface area contributed by atoms with Gasteiger partial charge in [0.1, 0.15) is 5.82 Å². The number of likely N-dealkylation sites (tertiary alicyclic amines) is 1. The molecule has 1 saturated heterocycles. The molecule has 23 heavy (non-hydrogen) atoms. The number of benzene rings is 1. The van der Waals surface area contributed by atoms with Crippen molar-refractivity contribution >= 4 is 5.97 Å². The number of aliphatic hydroxyl groups excluding tert-OH is 1. The smallest absolute Gasteiger partial charge is 0.309 e. The minimum absolute atomic E-state index is 0.0101. The highest BCUT2D eigenvalue weighted by Crippen LogP contribution is 2.22. The predicted octanol–water partition coefficient (Wildman–Crippen LogP) is 2.83. The molecule has 0 amide bonds. The molecule has 1 aromatic carbocycles. The van der Waals surface area contributed by atoms with E-state index in [9.17, 15) is 14.3 Å². The van der Waals surface area contributed by atoms with Gasteiger partial charge in [0.25, 0.3) is 0 Å². The zero-order chi connectivity index (χ0) is 16.8. The van der Waals surface area contributed by atoms with E-state index in [2.05, 4.69) is 4.90 Å². The van der Waals surface area contributed by atoms with Gasteiger partial charge in [0, 0.05) is 6.54 Å². The van der Waals surface area contributed by atoms with Gasteiger partial charge < -0.3 is 14.7 Å². The molecule has 1 aromatic rings. The van der Waals surface area contributed by atoms with Gasteiger partial charge in [0.05, 0.1) is 18.6 Å². The molecular formula is C18H26FNO3. The molecule has 0 bridgehead atoms. The van der Waals surface area contributed by atoms with Crippen LogP contribution in [0.3, 0.4) is 0 Å². The molecule has 2 rings (SSSR count). The van der Waals surface area contributed by atoms with Crippen LogP contribution in [0.15, 0.2) is 18.2 Å². The van der Waals surface area contributed by atoms with Crippen LogP contribution in [-0.4, -0.2) is 42.2 Å². The van der Waals surface area contributed by atoms with E-state index < -0.39 is 6.10 Å². The van der Waals surface area contributed by atoms with Gasteiger partial charge in [-0.1, -0.05) is 12.1 Å². The Kier molecular flexibility index (Phi) is 6.54. The number of esters is 1.